The molecule has 4 heterocycles. The molecule has 5 rings (SSSR count). The van der Waals surface area contributed by atoms with Gasteiger partial charge in [0.15, 0.2) is 0 Å². The molecule has 6 heteroatoms. The molecule has 1 aromatic carbocycles. The van der Waals surface area contributed by atoms with Gasteiger partial charge in [-0.15, -0.1) is 11.3 Å². The molecule has 5 aromatic rings. The lowest BCUT2D eigenvalue weighted by Gasteiger charge is -2.03. The summed E-state index contributed by atoms with van der Waals surface area (Å²) in [5.74, 6) is 0.0342. The molecular weight excluding hydrogens is 390 g/mol. The summed E-state index contributed by atoms with van der Waals surface area (Å²) in [5, 5.41) is 6.33. The van der Waals surface area contributed by atoms with E-state index >= 15 is 0 Å². The Morgan fingerprint density at radius 3 is 2.64 bits per heavy atom. The lowest BCUT2D eigenvalue weighted by molar-refractivity contribution is 0.103. The Bertz CT molecular complexity index is 1360. The van der Waals surface area contributed by atoms with Gasteiger partial charge in [-0.05, 0) is 67.9 Å². The maximum atomic E-state index is 13.4. The molecule has 0 atom stereocenters. The lowest BCUT2D eigenvalue weighted by Crippen LogP contribution is -2.05. The van der Waals surface area contributed by atoms with Gasteiger partial charge >= 0.3 is 0 Å². The van der Waals surface area contributed by atoms with Gasteiger partial charge in [-0.25, -0.2) is 4.68 Å². The fourth-order valence-corrected chi connectivity index (χ4v) is 4.83. The molecule has 138 valence electrons. The molecule has 0 unspecified atom stereocenters. The Morgan fingerprint density at radius 1 is 1.07 bits per heavy atom. The van der Waals surface area contributed by atoms with Gasteiger partial charge in [0.25, 0.3) is 0 Å². The van der Waals surface area contributed by atoms with E-state index in [-0.39, 0.29) is 5.78 Å². The first-order valence-corrected chi connectivity index (χ1v) is 10.1. The van der Waals surface area contributed by atoms with Crippen molar-refractivity contribution in [1.29, 1.82) is 0 Å². The van der Waals surface area contributed by atoms with Gasteiger partial charge in [0.2, 0.25) is 5.78 Å². The van der Waals surface area contributed by atoms with Crippen molar-refractivity contribution in [2.24, 2.45) is 0 Å². The third kappa shape index (κ3) is 2.58. The minimum Gasteiger partial charge on any atom is -0.313 e. The number of pyridine rings is 1. The second-order valence-corrected chi connectivity index (χ2v) is 8.27. The van der Waals surface area contributed by atoms with E-state index in [1.165, 1.54) is 11.3 Å². The second kappa shape index (κ2) is 6.33. The summed E-state index contributed by atoms with van der Waals surface area (Å²) < 4.78 is 3.84. The zero-order valence-electron chi connectivity index (χ0n) is 15.3. The SMILES string of the molecule is Cc1cc2ccccn2c1C(=O)c1cc2c(C)nn(-c3ccc(Cl)cc3)c2s1. The van der Waals surface area contributed by atoms with E-state index in [0.717, 1.165) is 32.7 Å². The quantitative estimate of drug-likeness (QED) is 0.353. The first-order valence-electron chi connectivity index (χ1n) is 8.89. The van der Waals surface area contributed by atoms with E-state index < -0.39 is 0 Å². The molecular formula is C22H16ClN3OS. The summed E-state index contributed by atoms with van der Waals surface area (Å²) >= 11 is 7.49. The highest BCUT2D eigenvalue weighted by atomic mass is 35.5. The Labute approximate surface area is 170 Å². The summed E-state index contributed by atoms with van der Waals surface area (Å²) in [6.07, 6.45) is 1.93. The number of aryl methyl sites for hydroxylation is 2. The number of carbonyl (C=O) groups excluding carboxylic acids is 1. The highest BCUT2D eigenvalue weighted by Gasteiger charge is 2.22. The van der Waals surface area contributed by atoms with Gasteiger partial charge in [-0.3, -0.25) is 4.79 Å². The lowest BCUT2D eigenvalue weighted by atomic mass is 10.1. The van der Waals surface area contributed by atoms with Crippen LogP contribution in [0.15, 0.2) is 60.8 Å². The van der Waals surface area contributed by atoms with Gasteiger partial charge in [0.05, 0.1) is 22.0 Å². The average molecular weight is 406 g/mol. The van der Waals surface area contributed by atoms with E-state index in [4.69, 9.17) is 11.6 Å². The average Bonchev–Trinajstić information content (AvgIpc) is 3.34. The molecule has 0 amide bonds. The molecule has 0 aliphatic heterocycles. The molecule has 28 heavy (non-hydrogen) atoms. The smallest absolute Gasteiger partial charge is 0.220 e. The number of hydrogen-bond donors (Lipinski definition) is 0. The summed E-state index contributed by atoms with van der Waals surface area (Å²) in [4.78, 5) is 15.0. The highest BCUT2D eigenvalue weighted by Crippen LogP contribution is 2.32. The Morgan fingerprint density at radius 2 is 1.86 bits per heavy atom. The van der Waals surface area contributed by atoms with Gasteiger partial charge in [-0.1, -0.05) is 17.7 Å². The maximum Gasteiger partial charge on any atom is 0.220 e. The number of halogens is 1. The van der Waals surface area contributed by atoms with Crippen LogP contribution in [0.4, 0.5) is 0 Å². The van der Waals surface area contributed by atoms with Crippen molar-refractivity contribution in [2.75, 3.05) is 0 Å². The minimum absolute atomic E-state index is 0.0342. The highest BCUT2D eigenvalue weighted by molar-refractivity contribution is 7.20. The summed E-state index contributed by atoms with van der Waals surface area (Å²) in [6.45, 7) is 3.95. The fraction of sp³-hybridized carbons (Fsp3) is 0.0909. The van der Waals surface area contributed by atoms with Crippen LogP contribution in [0, 0.1) is 13.8 Å². The molecule has 0 aliphatic carbocycles. The number of rotatable bonds is 3. The van der Waals surface area contributed by atoms with E-state index in [1.807, 2.05) is 83.7 Å². The molecule has 0 spiro atoms. The molecule has 0 N–H and O–H groups in total. The maximum absolute atomic E-state index is 13.4. The Kier molecular flexibility index (Phi) is 3.89. The zero-order chi connectivity index (χ0) is 19.4. The normalized spacial score (nSPS) is 11.5. The van der Waals surface area contributed by atoms with Crippen LogP contribution in [0.5, 0.6) is 0 Å². The Hall–Kier alpha value is -2.89. The van der Waals surface area contributed by atoms with Crippen molar-refractivity contribution in [1.82, 2.24) is 14.2 Å². The molecule has 0 aliphatic rings. The fourth-order valence-electron chi connectivity index (χ4n) is 3.58. The van der Waals surface area contributed by atoms with Gasteiger partial charge in [0.1, 0.15) is 4.83 Å². The van der Waals surface area contributed by atoms with Crippen LogP contribution in [0.3, 0.4) is 0 Å². The number of benzene rings is 1. The number of thiophene rings is 1. The molecule has 0 radical (unpaired) electrons. The monoisotopic (exact) mass is 405 g/mol. The first-order chi connectivity index (χ1) is 13.5. The van der Waals surface area contributed by atoms with E-state index in [0.29, 0.717) is 15.6 Å². The standard InChI is InChI=1S/C22H16ClN3OS/c1-13-11-17-5-3-4-10-25(17)20(13)21(27)19-12-18-14(2)24-26(22(18)28-19)16-8-6-15(23)7-9-16/h3-12H,1-2H3. The van der Waals surface area contributed by atoms with Gasteiger partial charge in [-0.2, -0.15) is 5.10 Å². The number of fused-ring (bicyclic) bond motifs is 2. The summed E-state index contributed by atoms with van der Waals surface area (Å²) in [6, 6.07) is 17.5. The molecule has 0 bridgehead atoms. The summed E-state index contributed by atoms with van der Waals surface area (Å²) in [7, 11) is 0. The van der Waals surface area contributed by atoms with Crippen LogP contribution >= 0.6 is 22.9 Å². The molecule has 4 nitrogen and oxygen atoms in total. The number of carbonyl (C=O) groups is 1. The predicted molar refractivity (Wildman–Crippen MR) is 114 cm³/mol. The number of hydrogen-bond acceptors (Lipinski definition) is 3. The van der Waals surface area contributed by atoms with Crippen LogP contribution < -0.4 is 0 Å². The van der Waals surface area contributed by atoms with Crippen LogP contribution in [0.1, 0.15) is 26.6 Å². The van der Waals surface area contributed by atoms with Crippen molar-refractivity contribution in [3.8, 4) is 5.69 Å². The molecule has 0 saturated heterocycles. The first kappa shape index (κ1) is 17.2. The number of aromatic nitrogens is 3. The van der Waals surface area contributed by atoms with E-state index in [1.54, 1.807) is 0 Å². The zero-order valence-corrected chi connectivity index (χ0v) is 16.9. The molecule has 0 saturated carbocycles. The number of nitrogens with zero attached hydrogens (tertiary/aromatic N) is 3. The van der Waals surface area contributed by atoms with Gasteiger partial charge in [0, 0.05) is 22.1 Å². The van der Waals surface area contributed by atoms with Crippen molar-refractivity contribution in [3.63, 3.8) is 0 Å². The van der Waals surface area contributed by atoms with Crippen molar-refractivity contribution in [2.45, 2.75) is 13.8 Å². The minimum atomic E-state index is 0.0342. The van der Waals surface area contributed by atoms with E-state index in [9.17, 15) is 4.79 Å². The van der Waals surface area contributed by atoms with Gasteiger partial charge < -0.3 is 4.40 Å². The third-order valence-electron chi connectivity index (χ3n) is 4.92. The molecule has 0 fully saturated rings. The van der Waals surface area contributed by atoms with E-state index in [2.05, 4.69) is 5.10 Å². The van der Waals surface area contributed by atoms with Crippen LogP contribution in [-0.4, -0.2) is 20.0 Å². The number of ketones is 1. The van der Waals surface area contributed by atoms with Crippen LogP contribution in [0.25, 0.3) is 21.4 Å². The van der Waals surface area contributed by atoms with Crippen LogP contribution in [0.2, 0.25) is 5.02 Å². The Balaban J connectivity index is 1.66. The molecule has 4 aromatic heterocycles. The summed E-state index contributed by atoms with van der Waals surface area (Å²) in [5.41, 5.74) is 4.53. The van der Waals surface area contributed by atoms with Crippen molar-refractivity contribution < 1.29 is 4.79 Å². The predicted octanol–water partition coefficient (Wildman–Crippen LogP) is 5.84. The van der Waals surface area contributed by atoms with Crippen LogP contribution in [-0.2, 0) is 0 Å². The topological polar surface area (TPSA) is 39.3 Å². The largest absolute Gasteiger partial charge is 0.313 e. The second-order valence-electron chi connectivity index (χ2n) is 6.80. The van der Waals surface area contributed by atoms with Crippen molar-refractivity contribution >= 4 is 44.5 Å². The van der Waals surface area contributed by atoms with Crippen molar-refractivity contribution in [3.05, 3.63) is 87.6 Å². The third-order valence-corrected chi connectivity index (χ3v) is 6.29.